The summed E-state index contributed by atoms with van der Waals surface area (Å²) in [6, 6.07) is 8.78. The Bertz CT molecular complexity index is 748. The van der Waals surface area contributed by atoms with Gasteiger partial charge in [0.2, 0.25) is 15.9 Å². The van der Waals surface area contributed by atoms with Crippen molar-refractivity contribution in [2.45, 2.75) is 49.5 Å². The first kappa shape index (κ1) is 17.7. The van der Waals surface area contributed by atoms with Crippen LogP contribution in [0.3, 0.4) is 0 Å². The Morgan fingerprint density at radius 3 is 2.76 bits per heavy atom. The van der Waals surface area contributed by atoms with Crippen molar-refractivity contribution in [1.29, 1.82) is 0 Å². The fourth-order valence-corrected chi connectivity index (χ4v) is 4.87. The number of rotatable bonds is 4. The quantitative estimate of drug-likeness (QED) is 0.845. The van der Waals surface area contributed by atoms with Gasteiger partial charge in [0.05, 0.1) is 12.5 Å². The van der Waals surface area contributed by atoms with E-state index in [9.17, 15) is 13.2 Å². The molecule has 0 unspecified atom stereocenters. The van der Waals surface area contributed by atoms with Crippen LogP contribution in [-0.2, 0) is 19.6 Å². The van der Waals surface area contributed by atoms with Gasteiger partial charge in [-0.2, -0.15) is 0 Å². The highest BCUT2D eigenvalue weighted by atomic mass is 32.2. The topological polar surface area (TPSA) is 96.9 Å². The Morgan fingerprint density at radius 2 is 2.04 bits per heavy atom. The van der Waals surface area contributed by atoms with Gasteiger partial charge in [0, 0.05) is 7.05 Å². The number of fused-ring (bicyclic) bond motifs is 1. The van der Waals surface area contributed by atoms with Gasteiger partial charge in [-0.3, -0.25) is 4.79 Å². The van der Waals surface area contributed by atoms with Crippen LogP contribution >= 0.6 is 0 Å². The van der Waals surface area contributed by atoms with Crippen LogP contribution in [0.1, 0.15) is 43.7 Å². The Balaban J connectivity index is 1.87. The van der Waals surface area contributed by atoms with Crippen molar-refractivity contribution < 1.29 is 17.9 Å². The predicted molar refractivity (Wildman–Crippen MR) is 94.5 cm³/mol. The number of benzene rings is 1. The molecular weight excluding hydrogens is 342 g/mol. The van der Waals surface area contributed by atoms with Crippen LogP contribution in [0.5, 0.6) is 0 Å². The number of amidine groups is 1. The van der Waals surface area contributed by atoms with E-state index in [-0.39, 0.29) is 24.5 Å². The molecule has 2 N–H and O–H groups in total. The molecule has 2 aliphatic rings. The van der Waals surface area contributed by atoms with E-state index >= 15 is 0 Å². The van der Waals surface area contributed by atoms with Gasteiger partial charge in [-0.25, -0.2) is 18.1 Å². The fourth-order valence-electron chi connectivity index (χ4n) is 3.31. The number of carbonyl (C=O) groups excluding carboxylic acids is 1. The standard InChI is InChI=1S/C17H23N3O4S/c1-18-16(21)11-13(12-7-3-2-4-8-12)19-17-20-25(22,23)15-10-6-5-9-14(15)24-17/h2-4,7-8,13-15H,5-6,9-11H2,1H3,(H,18,21)(H,19,20)/t13-,14-,15+/m0/s1. The first-order valence-electron chi connectivity index (χ1n) is 8.51. The van der Waals surface area contributed by atoms with E-state index < -0.39 is 21.3 Å². The van der Waals surface area contributed by atoms with Crippen molar-refractivity contribution in [3.63, 3.8) is 0 Å². The average molecular weight is 365 g/mol. The third kappa shape index (κ3) is 4.12. The summed E-state index contributed by atoms with van der Waals surface area (Å²) in [7, 11) is -1.94. The van der Waals surface area contributed by atoms with Crippen molar-refractivity contribution in [2.75, 3.05) is 7.05 Å². The van der Waals surface area contributed by atoms with E-state index in [0.717, 1.165) is 18.4 Å². The van der Waals surface area contributed by atoms with E-state index in [0.29, 0.717) is 12.8 Å². The molecule has 1 aromatic rings. The lowest BCUT2D eigenvalue weighted by molar-refractivity contribution is -0.120. The Hall–Kier alpha value is -2.09. The van der Waals surface area contributed by atoms with E-state index in [1.807, 2.05) is 30.3 Å². The third-order valence-electron chi connectivity index (χ3n) is 4.65. The summed E-state index contributed by atoms with van der Waals surface area (Å²) >= 11 is 0. The molecule has 1 saturated heterocycles. The number of aliphatic imine (C=N–C) groups is 1. The second-order valence-electron chi connectivity index (χ2n) is 6.36. The number of amides is 1. The van der Waals surface area contributed by atoms with Crippen LogP contribution in [0.4, 0.5) is 0 Å². The van der Waals surface area contributed by atoms with Gasteiger partial charge in [-0.1, -0.05) is 36.8 Å². The minimum absolute atomic E-state index is 0.0130. The van der Waals surface area contributed by atoms with E-state index in [1.165, 1.54) is 0 Å². The lowest BCUT2D eigenvalue weighted by Gasteiger charge is -2.36. The van der Waals surface area contributed by atoms with Crippen LogP contribution in [0.25, 0.3) is 0 Å². The molecule has 1 aliphatic carbocycles. The van der Waals surface area contributed by atoms with Crippen molar-refractivity contribution in [2.24, 2.45) is 4.99 Å². The molecule has 2 fully saturated rings. The van der Waals surface area contributed by atoms with Gasteiger partial charge >= 0.3 is 0 Å². The molecule has 3 atom stereocenters. The number of carbonyl (C=O) groups is 1. The molecule has 0 aromatic heterocycles. The molecular formula is C17H23N3O4S. The third-order valence-corrected chi connectivity index (χ3v) is 6.44. The molecule has 0 spiro atoms. The summed E-state index contributed by atoms with van der Waals surface area (Å²) < 4.78 is 33.2. The second kappa shape index (κ2) is 7.43. The molecule has 136 valence electrons. The maximum Gasteiger partial charge on any atom is 0.299 e. The molecule has 1 heterocycles. The molecule has 7 nitrogen and oxygen atoms in total. The molecule has 25 heavy (non-hydrogen) atoms. The van der Waals surface area contributed by atoms with E-state index in [1.54, 1.807) is 7.05 Å². The number of nitrogens with one attached hydrogen (secondary N) is 2. The maximum absolute atomic E-state index is 12.5. The van der Waals surface area contributed by atoms with E-state index in [4.69, 9.17) is 4.74 Å². The molecule has 1 amide bonds. The summed E-state index contributed by atoms with van der Waals surface area (Å²) in [5, 5.41) is 2.06. The highest BCUT2D eigenvalue weighted by Gasteiger charge is 2.42. The van der Waals surface area contributed by atoms with Crippen LogP contribution in [-0.4, -0.2) is 38.7 Å². The summed E-state index contributed by atoms with van der Waals surface area (Å²) in [4.78, 5) is 16.3. The molecule has 1 aromatic carbocycles. The summed E-state index contributed by atoms with van der Waals surface area (Å²) in [6.45, 7) is 0. The summed E-state index contributed by atoms with van der Waals surface area (Å²) in [5.74, 6) is -0.174. The lowest BCUT2D eigenvalue weighted by Crippen LogP contribution is -2.54. The van der Waals surface area contributed by atoms with Gasteiger partial charge in [-0.15, -0.1) is 0 Å². The number of nitrogens with zero attached hydrogens (tertiary/aromatic N) is 1. The van der Waals surface area contributed by atoms with Gasteiger partial charge in [0.15, 0.2) is 0 Å². The average Bonchev–Trinajstić information content (AvgIpc) is 2.61. The predicted octanol–water partition coefficient (Wildman–Crippen LogP) is 1.48. The SMILES string of the molecule is CNC(=O)C[C@H](N=C1NS(=O)(=O)[C@@H]2CCCC[C@@H]2O1)c1ccccc1. The molecule has 0 bridgehead atoms. The first-order valence-corrected chi connectivity index (χ1v) is 10.1. The minimum atomic E-state index is -3.50. The van der Waals surface area contributed by atoms with Crippen molar-refractivity contribution in [3.05, 3.63) is 35.9 Å². The Labute approximate surface area is 147 Å². The fraction of sp³-hybridized carbons (Fsp3) is 0.529. The molecule has 3 rings (SSSR count). The van der Waals surface area contributed by atoms with Crippen molar-refractivity contribution >= 4 is 22.0 Å². The van der Waals surface area contributed by atoms with Crippen LogP contribution in [0.15, 0.2) is 35.3 Å². The largest absolute Gasteiger partial charge is 0.460 e. The molecule has 8 heteroatoms. The van der Waals surface area contributed by atoms with Crippen LogP contribution in [0.2, 0.25) is 0 Å². The highest BCUT2D eigenvalue weighted by Crippen LogP contribution is 2.30. The number of hydrogen-bond acceptors (Lipinski definition) is 5. The van der Waals surface area contributed by atoms with E-state index in [2.05, 4.69) is 15.0 Å². The monoisotopic (exact) mass is 365 g/mol. The van der Waals surface area contributed by atoms with Crippen LogP contribution < -0.4 is 10.0 Å². The normalized spacial score (nSPS) is 27.5. The lowest BCUT2D eigenvalue weighted by atomic mass is 9.97. The molecule has 1 aliphatic heterocycles. The number of ether oxygens (including phenoxy) is 1. The van der Waals surface area contributed by atoms with Gasteiger partial charge in [0.1, 0.15) is 11.4 Å². The Kier molecular flexibility index (Phi) is 5.27. The Morgan fingerprint density at radius 1 is 1.32 bits per heavy atom. The summed E-state index contributed by atoms with van der Waals surface area (Å²) in [5.41, 5.74) is 0.826. The van der Waals surface area contributed by atoms with Gasteiger partial charge in [-0.05, 0) is 24.8 Å². The maximum atomic E-state index is 12.5. The molecule has 1 saturated carbocycles. The molecule has 0 radical (unpaired) electrons. The van der Waals surface area contributed by atoms with Gasteiger partial charge in [0.25, 0.3) is 6.02 Å². The summed E-state index contributed by atoms with van der Waals surface area (Å²) in [6.07, 6.45) is 2.90. The second-order valence-corrected chi connectivity index (χ2v) is 8.26. The zero-order valence-electron chi connectivity index (χ0n) is 14.1. The zero-order chi connectivity index (χ0) is 17.9. The van der Waals surface area contributed by atoms with Crippen molar-refractivity contribution in [3.8, 4) is 0 Å². The number of sulfonamides is 1. The number of hydrogen-bond donors (Lipinski definition) is 2. The van der Waals surface area contributed by atoms with Gasteiger partial charge < -0.3 is 10.1 Å². The van der Waals surface area contributed by atoms with Crippen molar-refractivity contribution in [1.82, 2.24) is 10.0 Å². The van der Waals surface area contributed by atoms with Crippen LogP contribution in [0, 0.1) is 0 Å². The zero-order valence-corrected chi connectivity index (χ0v) is 15.0. The minimum Gasteiger partial charge on any atom is -0.460 e. The highest BCUT2D eigenvalue weighted by molar-refractivity contribution is 7.90. The first-order chi connectivity index (χ1) is 12.0. The smallest absolute Gasteiger partial charge is 0.299 e.